The van der Waals surface area contributed by atoms with Gasteiger partial charge in [-0.25, -0.2) is 0 Å². The Kier molecular flexibility index (Phi) is 4.78. The predicted molar refractivity (Wildman–Crippen MR) is 104 cm³/mol. The van der Waals surface area contributed by atoms with Crippen LogP contribution in [0.25, 0.3) is 0 Å². The highest BCUT2D eigenvalue weighted by Crippen LogP contribution is 2.42. The number of carbonyl (C=O) groups is 1. The summed E-state index contributed by atoms with van der Waals surface area (Å²) < 4.78 is 0.962. The third-order valence-electron chi connectivity index (χ3n) is 4.65. The number of Topliss-reactive ketones (excluding diaryl/α,β-unsaturated/α-hetero) is 1. The van der Waals surface area contributed by atoms with E-state index in [0.717, 1.165) is 26.7 Å². The van der Waals surface area contributed by atoms with Gasteiger partial charge in [0.15, 0.2) is 0 Å². The lowest BCUT2D eigenvalue weighted by molar-refractivity contribution is -0.119. The molecule has 1 N–H and O–H groups in total. The number of aromatic hydroxyl groups is 1. The minimum atomic E-state index is -0.917. The first-order valence-corrected chi connectivity index (χ1v) is 8.88. The number of phenolic OH excluding ortho intramolecular Hbond substituents is 1. The minimum absolute atomic E-state index is 0.0369. The lowest BCUT2D eigenvalue weighted by atomic mass is 9.66. The zero-order valence-corrected chi connectivity index (χ0v) is 15.7. The second-order valence-corrected chi connectivity index (χ2v) is 7.09. The van der Waals surface area contributed by atoms with Crippen molar-refractivity contribution < 1.29 is 9.90 Å². The SMILES string of the molecule is CC(=O)C(c1ccc(O)cc1)(c1ccc(Br)cc1)c1ccccc1C. The van der Waals surface area contributed by atoms with E-state index in [2.05, 4.69) is 15.9 Å². The quantitative estimate of drug-likeness (QED) is 0.602. The molecule has 0 saturated heterocycles. The number of benzene rings is 3. The van der Waals surface area contributed by atoms with Gasteiger partial charge in [0, 0.05) is 4.47 Å². The summed E-state index contributed by atoms with van der Waals surface area (Å²) in [6.07, 6.45) is 0. The van der Waals surface area contributed by atoms with Gasteiger partial charge in [-0.2, -0.15) is 0 Å². The van der Waals surface area contributed by atoms with Gasteiger partial charge in [-0.3, -0.25) is 4.79 Å². The van der Waals surface area contributed by atoms with Gasteiger partial charge < -0.3 is 5.11 Å². The van der Waals surface area contributed by atoms with E-state index in [4.69, 9.17) is 0 Å². The first-order valence-electron chi connectivity index (χ1n) is 8.09. The van der Waals surface area contributed by atoms with Crippen molar-refractivity contribution in [3.05, 3.63) is 99.5 Å². The lowest BCUT2D eigenvalue weighted by Gasteiger charge is -2.34. The average molecular weight is 395 g/mol. The summed E-state index contributed by atoms with van der Waals surface area (Å²) in [5.74, 6) is 0.219. The van der Waals surface area contributed by atoms with Crippen LogP contribution in [0.15, 0.2) is 77.3 Å². The third-order valence-corrected chi connectivity index (χ3v) is 5.18. The molecule has 0 radical (unpaired) electrons. The molecule has 1 atom stereocenters. The van der Waals surface area contributed by atoms with Crippen molar-refractivity contribution in [2.75, 3.05) is 0 Å². The predicted octanol–water partition coefficient (Wildman–Crippen LogP) is 5.39. The van der Waals surface area contributed by atoms with Gasteiger partial charge in [0.25, 0.3) is 0 Å². The molecular formula is C22H19BrO2. The van der Waals surface area contributed by atoms with E-state index in [1.807, 2.05) is 67.6 Å². The van der Waals surface area contributed by atoms with Gasteiger partial charge in [0.1, 0.15) is 16.9 Å². The maximum absolute atomic E-state index is 13.1. The standard InChI is InChI=1S/C22H19BrO2/c1-15-5-3-4-6-21(15)22(16(2)24,17-7-11-19(23)12-8-17)18-9-13-20(25)14-10-18/h3-14,25H,1-2H3. The van der Waals surface area contributed by atoms with Crippen molar-refractivity contribution in [2.24, 2.45) is 0 Å². The molecule has 0 aliphatic heterocycles. The van der Waals surface area contributed by atoms with Crippen LogP contribution in [0, 0.1) is 6.92 Å². The maximum Gasteiger partial charge on any atom is 0.149 e. The molecule has 1 unspecified atom stereocenters. The van der Waals surface area contributed by atoms with E-state index < -0.39 is 5.41 Å². The van der Waals surface area contributed by atoms with Gasteiger partial charge in [-0.15, -0.1) is 0 Å². The van der Waals surface area contributed by atoms with Crippen molar-refractivity contribution >= 4 is 21.7 Å². The number of ketones is 1. The molecule has 0 fully saturated rings. The van der Waals surface area contributed by atoms with Gasteiger partial charge in [-0.05, 0) is 60.4 Å². The van der Waals surface area contributed by atoms with Gasteiger partial charge >= 0.3 is 0 Å². The lowest BCUT2D eigenvalue weighted by Crippen LogP contribution is -2.37. The van der Waals surface area contributed by atoms with Crippen LogP contribution >= 0.6 is 15.9 Å². The molecule has 0 bridgehead atoms. The smallest absolute Gasteiger partial charge is 0.149 e. The number of hydrogen-bond acceptors (Lipinski definition) is 2. The Morgan fingerprint density at radius 3 is 1.92 bits per heavy atom. The van der Waals surface area contributed by atoms with E-state index in [-0.39, 0.29) is 11.5 Å². The summed E-state index contributed by atoms with van der Waals surface area (Å²) in [6.45, 7) is 3.65. The normalized spacial score (nSPS) is 13.2. The van der Waals surface area contributed by atoms with Crippen LogP contribution < -0.4 is 0 Å². The zero-order valence-electron chi connectivity index (χ0n) is 14.2. The third kappa shape index (κ3) is 3.00. The molecule has 0 aromatic heterocycles. The molecule has 0 spiro atoms. The summed E-state index contributed by atoms with van der Waals surface area (Å²) in [4.78, 5) is 13.1. The molecular weight excluding hydrogens is 376 g/mol. The van der Waals surface area contributed by atoms with E-state index in [1.54, 1.807) is 19.1 Å². The fourth-order valence-corrected chi connectivity index (χ4v) is 3.74. The molecule has 0 aliphatic carbocycles. The van der Waals surface area contributed by atoms with E-state index in [0.29, 0.717) is 0 Å². The summed E-state index contributed by atoms with van der Waals surface area (Å²) in [6, 6.07) is 22.7. The fraction of sp³-hybridized carbons (Fsp3) is 0.136. The molecule has 3 aromatic carbocycles. The molecule has 3 rings (SSSR count). The van der Waals surface area contributed by atoms with Crippen LogP contribution in [0.1, 0.15) is 29.2 Å². The highest BCUT2D eigenvalue weighted by Gasteiger charge is 2.42. The first-order chi connectivity index (χ1) is 12.0. The van der Waals surface area contributed by atoms with Crippen LogP contribution in [0.5, 0.6) is 5.75 Å². The Morgan fingerprint density at radius 2 is 1.40 bits per heavy atom. The zero-order chi connectivity index (χ0) is 18.0. The first kappa shape index (κ1) is 17.4. The molecule has 0 saturated carbocycles. The fourth-order valence-electron chi connectivity index (χ4n) is 3.48. The summed E-state index contributed by atoms with van der Waals surface area (Å²) in [7, 11) is 0. The van der Waals surface area contributed by atoms with E-state index in [9.17, 15) is 9.90 Å². The molecule has 3 heteroatoms. The molecule has 0 aliphatic rings. The maximum atomic E-state index is 13.1. The van der Waals surface area contributed by atoms with Gasteiger partial charge in [0.05, 0.1) is 0 Å². The number of halogens is 1. The highest BCUT2D eigenvalue weighted by molar-refractivity contribution is 9.10. The Bertz CT molecular complexity index is 851. The van der Waals surface area contributed by atoms with Crippen molar-refractivity contribution in [1.29, 1.82) is 0 Å². The minimum Gasteiger partial charge on any atom is -0.508 e. The van der Waals surface area contributed by atoms with Crippen molar-refractivity contribution in [2.45, 2.75) is 19.3 Å². The Labute approximate surface area is 156 Å². The largest absolute Gasteiger partial charge is 0.508 e. The molecule has 2 nitrogen and oxygen atoms in total. The highest BCUT2D eigenvalue weighted by atomic mass is 79.9. The molecule has 0 heterocycles. The van der Waals surface area contributed by atoms with Crippen LogP contribution in [-0.4, -0.2) is 10.9 Å². The topological polar surface area (TPSA) is 37.3 Å². The van der Waals surface area contributed by atoms with Crippen molar-refractivity contribution in [3.63, 3.8) is 0 Å². The monoisotopic (exact) mass is 394 g/mol. The van der Waals surface area contributed by atoms with Gasteiger partial charge in [0.2, 0.25) is 0 Å². The number of phenols is 1. The number of hydrogen-bond donors (Lipinski definition) is 1. The number of aryl methyl sites for hydroxylation is 1. The molecule has 3 aromatic rings. The average Bonchev–Trinajstić information content (AvgIpc) is 2.59. The summed E-state index contributed by atoms with van der Waals surface area (Å²) in [5.41, 5.74) is 2.83. The summed E-state index contributed by atoms with van der Waals surface area (Å²) >= 11 is 3.47. The van der Waals surface area contributed by atoms with Crippen LogP contribution in [0.4, 0.5) is 0 Å². The van der Waals surface area contributed by atoms with E-state index in [1.165, 1.54) is 0 Å². The summed E-state index contributed by atoms with van der Waals surface area (Å²) in [5, 5.41) is 9.70. The molecule has 126 valence electrons. The van der Waals surface area contributed by atoms with Crippen molar-refractivity contribution in [3.8, 4) is 5.75 Å². The second kappa shape index (κ2) is 6.85. The Hall–Kier alpha value is -2.39. The Morgan fingerprint density at radius 1 is 0.880 bits per heavy atom. The number of carbonyl (C=O) groups excluding carboxylic acids is 1. The van der Waals surface area contributed by atoms with Crippen LogP contribution in [0.2, 0.25) is 0 Å². The molecule has 25 heavy (non-hydrogen) atoms. The van der Waals surface area contributed by atoms with Gasteiger partial charge in [-0.1, -0.05) is 64.5 Å². The van der Waals surface area contributed by atoms with Crippen LogP contribution in [0.3, 0.4) is 0 Å². The van der Waals surface area contributed by atoms with E-state index >= 15 is 0 Å². The second-order valence-electron chi connectivity index (χ2n) is 6.17. The number of rotatable bonds is 4. The Balaban J connectivity index is 2.40. The van der Waals surface area contributed by atoms with Crippen LogP contribution in [-0.2, 0) is 10.2 Å². The van der Waals surface area contributed by atoms with Crippen molar-refractivity contribution in [1.82, 2.24) is 0 Å². The molecule has 0 amide bonds.